The van der Waals surface area contributed by atoms with Gasteiger partial charge in [0.15, 0.2) is 0 Å². The molecule has 25 heavy (non-hydrogen) atoms. The fourth-order valence-electron chi connectivity index (χ4n) is 2.73. The molecule has 1 aromatic carbocycles. The van der Waals surface area contributed by atoms with Crippen LogP contribution in [0.3, 0.4) is 0 Å². The highest BCUT2D eigenvalue weighted by Crippen LogP contribution is 2.41. The lowest BCUT2D eigenvalue weighted by Gasteiger charge is -2.22. The fraction of sp³-hybridized carbons (Fsp3) is 0.368. The van der Waals surface area contributed by atoms with Gasteiger partial charge in [-0.05, 0) is 49.4 Å². The van der Waals surface area contributed by atoms with Crippen molar-refractivity contribution in [3.05, 3.63) is 54.0 Å². The van der Waals surface area contributed by atoms with Crippen molar-refractivity contribution in [3.63, 3.8) is 0 Å². The van der Waals surface area contributed by atoms with Crippen molar-refractivity contribution in [1.82, 2.24) is 10.6 Å². The highest BCUT2D eigenvalue weighted by Gasteiger charge is 2.34. The Morgan fingerprint density at radius 3 is 2.44 bits per heavy atom. The number of methoxy groups -OCH3 is 1. The van der Waals surface area contributed by atoms with Crippen molar-refractivity contribution in [1.29, 1.82) is 0 Å². The first-order valence-electron chi connectivity index (χ1n) is 8.36. The van der Waals surface area contributed by atoms with Gasteiger partial charge in [-0.1, -0.05) is 12.1 Å². The lowest BCUT2D eigenvalue weighted by Crippen LogP contribution is -2.46. The van der Waals surface area contributed by atoms with E-state index in [0.717, 1.165) is 24.2 Å². The Morgan fingerprint density at radius 2 is 1.88 bits per heavy atom. The number of amides is 2. The van der Waals surface area contributed by atoms with Gasteiger partial charge in [-0.3, -0.25) is 9.59 Å². The highest BCUT2D eigenvalue weighted by molar-refractivity contribution is 5.97. The third-order valence-electron chi connectivity index (χ3n) is 4.39. The molecule has 3 rings (SSSR count). The number of hydrogen-bond acceptors (Lipinski definition) is 4. The smallest absolute Gasteiger partial charge is 0.255 e. The van der Waals surface area contributed by atoms with Crippen LogP contribution in [0.4, 0.5) is 0 Å². The number of carbonyl (C=O) groups excluding carboxylic acids is 2. The SMILES string of the molecule is COc1ccc([C@H](NC(=O)[C@H](C)NC(=O)c2ccoc2)C2CC2)cc1. The molecular formula is C19H22N2O4. The summed E-state index contributed by atoms with van der Waals surface area (Å²) in [4.78, 5) is 24.5. The normalized spacial score (nSPS) is 15.9. The van der Waals surface area contributed by atoms with Gasteiger partial charge in [-0.25, -0.2) is 0 Å². The molecule has 0 unspecified atom stereocenters. The largest absolute Gasteiger partial charge is 0.497 e. The van der Waals surface area contributed by atoms with Gasteiger partial charge < -0.3 is 19.8 Å². The molecule has 0 spiro atoms. The van der Waals surface area contributed by atoms with Gasteiger partial charge in [0.2, 0.25) is 5.91 Å². The Kier molecular flexibility index (Phi) is 5.07. The maximum absolute atomic E-state index is 12.5. The molecule has 2 amide bonds. The van der Waals surface area contributed by atoms with Gasteiger partial charge in [0, 0.05) is 0 Å². The molecule has 1 saturated carbocycles. The zero-order chi connectivity index (χ0) is 17.8. The monoisotopic (exact) mass is 342 g/mol. The number of benzene rings is 1. The second-order valence-corrected chi connectivity index (χ2v) is 6.30. The van der Waals surface area contributed by atoms with Crippen LogP contribution in [0.2, 0.25) is 0 Å². The standard InChI is InChI=1S/C19H22N2O4/c1-12(20-19(23)15-9-10-25-11-15)18(22)21-17(13-3-4-13)14-5-7-16(24-2)8-6-14/h5-13,17H,3-4H2,1-2H3,(H,20,23)(H,21,22)/t12-,17+/m0/s1. The Labute approximate surface area is 146 Å². The molecule has 1 aromatic heterocycles. The zero-order valence-electron chi connectivity index (χ0n) is 14.3. The summed E-state index contributed by atoms with van der Waals surface area (Å²) in [6, 6.07) is 8.59. The summed E-state index contributed by atoms with van der Waals surface area (Å²) in [6.07, 6.45) is 4.95. The van der Waals surface area contributed by atoms with Crippen LogP contribution in [0.5, 0.6) is 5.75 Å². The minimum absolute atomic E-state index is 0.0494. The first-order chi connectivity index (χ1) is 12.1. The van der Waals surface area contributed by atoms with E-state index in [0.29, 0.717) is 11.5 Å². The summed E-state index contributed by atoms with van der Waals surface area (Å²) in [7, 11) is 1.62. The average Bonchev–Trinajstić information content (AvgIpc) is 3.31. The molecule has 1 aliphatic rings. The Morgan fingerprint density at radius 1 is 1.16 bits per heavy atom. The molecule has 1 heterocycles. The Bertz CT molecular complexity index is 720. The van der Waals surface area contributed by atoms with Crippen LogP contribution in [0.25, 0.3) is 0 Å². The Balaban J connectivity index is 1.63. The van der Waals surface area contributed by atoms with Crippen molar-refractivity contribution in [2.75, 3.05) is 7.11 Å². The summed E-state index contributed by atoms with van der Waals surface area (Å²) in [5.74, 6) is 0.688. The average molecular weight is 342 g/mol. The number of furan rings is 1. The van der Waals surface area contributed by atoms with E-state index in [9.17, 15) is 9.59 Å². The molecule has 2 N–H and O–H groups in total. The van der Waals surface area contributed by atoms with E-state index in [-0.39, 0.29) is 17.9 Å². The molecule has 6 nitrogen and oxygen atoms in total. The van der Waals surface area contributed by atoms with Crippen LogP contribution in [0.15, 0.2) is 47.3 Å². The topological polar surface area (TPSA) is 80.6 Å². The number of rotatable bonds is 7. The van der Waals surface area contributed by atoms with Gasteiger partial charge >= 0.3 is 0 Å². The number of ether oxygens (including phenoxy) is 1. The minimum atomic E-state index is -0.637. The molecule has 0 bridgehead atoms. The van der Waals surface area contributed by atoms with Crippen LogP contribution >= 0.6 is 0 Å². The molecule has 1 fully saturated rings. The second kappa shape index (κ2) is 7.42. The van der Waals surface area contributed by atoms with Crippen LogP contribution in [-0.4, -0.2) is 25.0 Å². The fourth-order valence-corrected chi connectivity index (χ4v) is 2.73. The van der Waals surface area contributed by atoms with E-state index in [1.54, 1.807) is 20.1 Å². The van der Waals surface area contributed by atoms with Crippen LogP contribution in [0, 0.1) is 5.92 Å². The van der Waals surface area contributed by atoms with Crippen LogP contribution < -0.4 is 15.4 Å². The zero-order valence-corrected chi connectivity index (χ0v) is 14.3. The van der Waals surface area contributed by atoms with Gasteiger partial charge in [0.25, 0.3) is 5.91 Å². The van der Waals surface area contributed by atoms with E-state index in [2.05, 4.69) is 10.6 Å². The van der Waals surface area contributed by atoms with Gasteiger partial charge in [0.05, 0.1) is 25.0 Å². The quantitative estimate of drug-likeness (QED) is 0.811. The molecule has 132 valence electrons. The maximum atomic E-state index is 12.5. The number of hydrogen-bond donors (Lipinski definition) is 2. The van der Waals surface area contributed by atoms with E-state index in [4.69, 9.17) is 9.15 Å². The molecule has 2 atom stereocenters. The van der Waals surface area contributed by atoms with Gasteiger partial charge in [-0.15, -0.1) is 0 Å². The molecule has 0 aliphatic heterocycles. The predicted octanol–water partition coefficient (Wildman–Crippen LogP) is 2.67. The lowest BCUT2D eigenvalue weighted by atomic mass is 10.0. The molecule has 6 heteroatoms. The molecule has 0 radical (unpaired) electrons. The third-order valence-corrected chi connectivity index (χ3v) is 4.39. The molecule has 2 aromatic rings. The van der Waals surface area contributed by atoms with Gasteiger partial charge in [0.1, 0.15) is 18.1 Å². The maximum Gasteiger partial charge on any atom is 0.255 e. The van der Waals surface area contributed by atoms with Gasteiger partial charge in [-0.2, -0.15) is 0 Å². The van der Waals surface area contributed by atoms with Crippen LogP contribution in [-0.2, 0) is 4.79 Å². The first kappa shape index (κ1) is 17.1. The lowest BCUT2D eigenvalue weighted by molar-refractivity contribution is -0.123. The summed E-state index contributed by atoms with van der Waals surface area (Å²) < 4.78 is 10.1. The van der Waals surface area contributed by atoms with Crippen molar-refractivity contribution < 1.29 is 18.7 Å². The second-order valence-electron chi connectivity index (χ2n) is 6.30. The van der Waals surface area contributed by atoms with Crippen molar-refractivity contribution in [2.45, 2.75) is 31.8 Å². The predicted molar refractivity (Wildman–Crippen MR) is 92.2 cm³/mol. The summed E-state index contributed by atoms with van der Waals surface area (Å²) in [6.45, 7) is 1.67. The van der Waals surface area contributed by atoms with E-state index in [1.807, 2.05) is 24.3 Å². The highest BCUT2D eigenvalue weighted by atomic mass is 16.5. The van der Waals surface area contributed by atoms with E-state index in [1.165, 1.54) is 12.5 Å². The van der Waals surface area contributed by atoms with E-state index >= 15 is 0 Å². The molecule has 1 aliphatic carbocycles. The van der Waals surface area contributed by atoms with E-state index < -0.39 is 6.04 Å². The first-order valence-corrected chi connectivity index (χ1v) is 8.36. The summed E-state index contributed by atoms with van der Waals surface area (Å²) in [5.41, 5.74) is 1.44. The third kappa shape index (κ3) is 4.21. The molecule has 0 saturated heterocycles. The van der Waals surface area contributed by atoms with Crippen LogP contribution in [0.1, 0.15) is 41.7 Å². The van der Waals surface area contributed by atoms with Crippen molar-refractivity contribution in [3.8, 4) is 5.75 Å². The summed E-state index contributed by atoms with van der Waals surface area (Å²) >= 11 is 0. The Hall–Kier alpha value is -2.76. The van der Waals surface area contributed by atoms with Crippen molar-refractivity contribution >= 4 is 11.8 Å². The minimum Gasteiger partial charge on any atom is -0.497 e. The molecular weight excluding hydrogens is 320 g/mol. The number of nitrogens with one attached hydrogen (secondary N) is 2. The van der Waals surface area contributed by atoms with Crippen molar-refractivity contribution in [2.24, 2.45) is 5.92 Å². The summed E-state index contributed by atoms with van der Waals surface area (Å²) in [5, 5.41) is 5.75. The number of carbonyl (C=O) groups is 2.